The van der Waals surface area contributed by atoms with Crippen molar-refractivity contribution >= 4 is 29.1 Å². The zero-order valence-corrected chi connectivity index (χ0v) is 18.5. The first-order valence-electron chi connectivity index (χ1n) is 10.8. The maximum Gasteiger partial charge on any atom is 0.224 e. The third-order valence-corrected chi connectivity index (χ3v) is 6.03. The van der Waals surface area contributed by atoms with E-state index in [1.165, 1.54) is 0 Å². The molecule has 0 aliphatic carbocycles. The van der Waals surface area contributed by atoms with Crippen molar-refractivity contribution in [3.63, 3.8) is 0 Å². The quantitative estimate of drug-likeness (QED) is 0.671. The molecule has 1 aromatic carbocycles. The summed E-state index contributed by atoms with van der Waals surface area (Å²) in [6.45, 7) is 3.87. The summed E-state index contributed by atoms with van der Waals surface area (Å²) in [5.41, 5.74) is 0.659. The van der Waals surface area contributed by atoms with Crippen LogP contribution in [-0.4, -0.2) is 61.7 Å². The lowest BCUT2D eigenvalue weighted by atomic mass is 9.93. The minimum Gasteiger partial charge on any atom is -0.495 e. The van der Waals surface area contributed by atoms with Gasteiger partial charge in [0, 0.05) is 44.7 Å². The predicted molar refractivity (Wildman–Crippen MR) is 117 cm³/mol. The van der Waals surface area contributed by atoms with E-state index in [4.69, 9.17) is 21.2 Å². The topological polar surface area (TPSA) is 71.1 Å². The maximum absolute atomic E-state index is 12.6. The second-order valence-corrected chi connectivity index (χ2v) is 8.41. The van der Waals surface area contributed by atoms with E-state index in [1.54, 1.807) is 25.3 Å². The smallest absolute Gasteiger partial charge is 0.224 e. The Morgan fingerprint density at radius 2 is 2.10 bits per heavy atom. The summed E-state index contributed by atoms with van der Waals surface area (Å²) < 4.78 is 5.13. The molecule has 0 aromatic heterocycles. The van der Waals surface area contributed by atoms with Crippen molar-refractivity contribution in [3.05, 3.63) is 23.2 Å². The van der Waals surface area contributed by atoms with Crippen LogP contribution in [0.2, 0.25) is 5.02 Å². The molecule has 2 saturated heterocycles. The molecule has 1 atom stereocenters. The highest BCUT2D eigenvalue weighted by molar-refractivity contribution is 6.32. The maximum atomic E-state index is 12.6. The van der Waals surface area contributed by atoms with Gasteiger partial charge in [0.2, 0.25) is 11.8 Å². The van der Waals surface area contributed by atoms with E-state index in [0.29, 0.717) is 41.8 Å². The van der Waals surface area contributed by atoms with Gasteiger partial charge in [-0.1, -0.05) is 11.6 Å². The summed E-state index contributed by atoms with van der Waals surface area (Å²) >= 11 is 6.11. The number of hydroxylamine groups is 2. The van der Waals surface area contributed by atoms with Crippen LogP contribution in [0.25, 0.3) is 0 Å². The van der Waals surface area contributed by atoms with Gasteiger partial charge in [-0.25, -0.2) is 0 Å². The van der Waals surface area contributed by atoms with Gasteiger partial charge in [-0.15, -0.1) is 0 Å². The number of nitrogens with one attached hydrogen (secondary N) is 1. The fourth-order valence-corrected chi connectivity index (χ4v) is 4.29. The van der Waals surface area contributed by atoms with Gasteiger partial charge >= 0.3 is 0 Å². The number of carbonyl (C=O) groups is 2. The number of halogens is 1. The number of piperidine rings is 1. The molecule has 166 valence electrons. The number of ether oxygens (including phenoxy) is 1. The van der Waals surface area contributed by atoms with Crippen LogP contribution in [0.3, 0.4) is 0 Å². The summed E-state index contributed by atoms with van der Waals surface area (Å²) in [5, 5.41) is 5.27. The van der Waals surface area contributed by atoms with Crippen molar-refractivity contribution in [1.82, 2.24) is 9.96 Å². The molecule has 3 rings (SSSR count). The first-order chi connectivity index (χ1) is 14.5. The van der Waals surface area contributed by atoms with Crippen molar-refractivity contribution in [1.29, 1.82) is 0 Å². The van der Waals surface area contributed by atoms with E-state index in [0.717, 1.165) is 58.3 Å². The minimum atomic E-state index is -0.0399. The third-order valence-electron chi connectivity index (χ3n) is 5.74. The van der Waals surface area contributed by atoms with Crippen LogP contribution in [0, 0.1) is 5.92 Å². The van der Waals surface area contributed by atoms with Gasteiger partial charge in [-0.05, 0) is 56.2 Å². The van der Waals surface area contributed by atoms with Crippen molar-refractivity contribution < 1.29 is 19.2 Å². The molecule has 1 N–H and O–H groups in total. The highest BCUT2D eigenvalue weighted by Crippen LogP contribution is 2.27. The molecule has 0 bridgehead atoms. The number of rotatable bonds is 8. The van der Waals surface area contributed by atoms with Crippen LogP contribution in [-0.2, 0) is 14.4 Å². The summed E-state index contributed by atoms with van der Waals surface area (Å²) in [6, 6.07) is 5.19. The molecular weight excluding hydrogens is 406 g/mol. The largest absolute Gasteiger partial charge is 0.495 e. The lowest BCUT2D eigenvalue weighted by molar-refractivity contribution is -0.182. The Bertz CT molecular complexity index is 724. The second-order valence-electron chi connectivity index (χ2n) is 8.00. The first-order valence-corrected chi connectivity index (χ1v) is 11.2. The molecule has 30 heavy (non-hydrogen) atoms. The molecule has 0 saturated carbocycles. The molecule has 2 fully saturated rings. The van der Waals surface area contributed by atoms with Crippen molar-refractivity contribution in [2.45, 2.75) is 44.9 Å². The van der Waals surface area contributed by atoms with E-state index in [-0.39, 0.29) is 11.8 Å². The number of anilines is 1. The molecule has 2 heterocycles. The minimum absolute atomic E-state index is 0.0399. The van der Waals surface area contributed by atoms with E-state index in [2.05, 4.69) is 5.32 Å². The predicted octanol–water partition coefficient (Wildman–Crippen LogP) is 3.72. The van der Waals surface area contributed by atoms with Crippen molar-refractivity contribution in [3.8, 4) is 5.75 Å². The number of amides is 2. The van der Waals surface area contributed by atoms with E-state index >= 15 is 0 Å². The van der Waals surface area contributed by atoms with Crippen molar-refractivity contribution in [2.75, 3.05) is 45.2 Å². The number of benzene rings is 1. The molecule has 2 aliphatic heterocycles. The standard InChI is InChI=1S/C22H32ClN3O4/c1-29-20-8-7-18(15-19(20)23)24-21(27)9-6-17-5-4-11-25(16-17)22(28)10-13-26-12-2-3-14-30-26/h7-8,15,17H,2-6,9-14,16H2,1H3,(H,24,27). The number of carbonyl (C=O) groups excluding carboxylic acids is 2. The Hall–Kier alpha value is -1.83. The summed E-state index contributed by atoms with van der Waals surface area (Å²) in [6.07, 6.45) is 5.97. The van der Waals surface area contributed by atoms with E-state index in [9.17, 15) is 9.59 Å². The Morgan fingerprint density at radius 1 is 1.23 bits per heavy atom. The molecule has 1 aromatic rings. The summed E-state index contributed by atoms with van der Waals surface area (Å²) in [7, 11) is 1.55. The highest BCUT2D eigenvalue weighted by Gasteiger charge is 2.24. The molecule has 8 heteroatoms. The van der Waals surface area contributed by atoms with Crippen LogP contribution in [0.4, 0.5) is 5.69 Å². The van der Waals surface area contributed by atoms with Crippen LogP contribution in [0.5, 0.6) is 5.75 Å². The van der Waals surface area contributed by atoms with Gasteiger partial charge in [0.1, 0.15) is 5.75 Å². The Labute approximate surface area is 183 Å². The Kier molecular flexibility index (Phi) is 8.78. The van der Waals surface area contributed by atoms with Crippen molar-refractivity contribution in [2.24, 2.45) is 5.92 Å². The van der Waals surface area contributed by atoms with Gasteiger partial charge in [0.25, 0.3) is 0 Å². The number of hydrogen-bond donors (Lipinski definition) is 1. The average molecular weight is 438 g/mol. The Balaban J connectivity index is 1.39. The van der Waals surface area contributed by atoms with Crippen LogP contribution < -0.4 is 10.1 Å². The van der Waals surface area contributed by atoms with Gasteiger partial charge in [-0.3, -0.25) is 14.4 Å². The summed E-state index contributed by atoms with van der Waals surface area (Å²) in [4.78, 5) is 32.5. The number of nitrogens with zero attached hydrogens (tertiary/aromatic N) is 2. The average Bonchev–Trinajstić information content (AvgIpc) is 2.77. The number of methoxy groups -OCH3 is 1. The highest BCUT2D eigenvalue weighted by atomic mass is 35.5. The number of hydrogen-bond acceptors (Lipinski definition) is 5. The van der Waals surface area contributed by atoms with Gasteiger partial charge in [0.05, 0.1) is 18.7 Å². The van der Waals surface area contributed by atoms with Gasteiger partial charge in [-0.2, -0.15) is 5.06 Å². The van der Waals surface area contributed by atoms with E-state index in [1.807, 2.05) is 9.96 Å². The normalized spacial score (nSPS) is 20.1. The third kappa shape index (κ3) is 6.86. The molecular formula is C22H32ClN3O4. The van der Waals surface area contributed by atoms with Crippen LogP contribution >= 0.6 is 11.6 Å². The molecule has 0 radical (unpaired) electrons. The Morgan fingerprint density at radius 3 is 2.83 bits per heavy atom. The summed E-state index contributed by atoms with van der Waals surface area (Å²) in [5.74, 6) is 1.08. The molecule has 7 nitrogen and oxygen atoms in total. The molecule has 1 unspecified atom stereocenters. The van der Waals surface area contributed by atoms with Crippen LogP contribution in [0.1, 0.15) is 44.9 Å². The van der Waals surface area contributed by atoms with Crippen LogP contribution in [0.15, 0.2) is 18.2 Å². The fourth-order valence-electron chi connectivity index (χ4n) is 4.03. The molecule has 0 spiro atoms. The SMILES string of the molecule is COc1ccc(NC(=O)CCC2CCCN(C(=O)CCN3CCCCO3)C2)cc1Cl. The lowest BCUT2D eigenvalue weighted by Crippen LogP contribution is -2.42. The van der Waals surface area contributed by atoms with Gasteiger partial charge < -0.3 is 15.0 Å². The number of likely N-dealkylation sites (tertiary alicyclic amines) is 1. The molecule has 2 amide bonds. The molecule has 2 aliphatic rings. The second kappa shape index (κ2) is 11.5. The van der Waals surface area contributed by atoms with Gasteiger partial charge in [0.15, 0.2) is 0 Å². The lowest BCUT2D eigenvalue weighted by Gasteiger charge is -2.33. The van der Waals surface area contributed by atoms with E-state index < -0.39 is 0 Å². The first kappa shape index (κ1) is 22.8. The zero-order valence-electron chi connectivity index (χ0n) is 17.7. The monoisotopic (exact) mass is 437 g/mol. The fraction of sp³-hybridized carbons (Fsp3) is 0.636. The zero-order chi connectivity index (χ0) is 21.3.